The largest absolute Gasteiger partial charge is 0.494 e. The lowest BCUT2D eigenvalue weighted by molar-refractivity contribution is 0.309. The quantitative estimate of drug-likeness (QED) is 0.362. The zero-order valence-electron chi connectivity index (χ0n) is 18.2. The Bertz CT molecular complexity index is 1440. The van der Waals surface area contributed by atoms with E-state index in [9.17, 15) is 4.79 Å². The molecule has 32 heavy (non-hydrogen) atoms. The number of fused-ring (bicyclic) bond motifs is 3. The van der Waals surface area contributed by atoms with E-state index in [1.54, 1.807) is 21.3 Å². The molecule has 0 fully saturated rings. The van der Waals surface area contributed by atoms with Crippen LogP contribution in [-0.4, -0.2) is 30.4 Å². The van der Waals surface area contributed by atoms with Gasteiger partial charge in [-0.3, -0.25) is 0 Å². The van der Waals surface area contributed by atoms with E-state index in [-0.39, 0.29) is 5.69 Å². The van der Waals surface area contributed by atoms with Gasteiger partial charge in [-0.2, -0.15) is 5.10 Å². The summed E-state index contributed by atoms with van der Waals surface area (Å²) in [6.07, 6.45) is 5.65. The fourth-order valence-electron chi connectivity index (χ4n) is 3.82. The molecule has 0 aliphatic rings. The molecule has 0 aliphatic carbocycles. The first-order chi connectivity index (χ1) is 15.6. The van der Waals surface area contributed by atoms with E-state index in [1.807, 2.05) is 55.5 Å². The highest BCUT2D eigenvalue weighted by Crippen LogP contribution is 2.24. The van der Waals surface area contributed by atoms with Gasteiger partial charge in [0, 0.05) is 18.0 Å². The molecule has 0 amide bonds. The third-order valence-corrected chi connectivity index (χ3v) is 5.52. The van der Waals surface area contributed by atoms with Crippen LogP contribution in [0.3, 0.4) is 0 Å². The maximum Gasteiger partial charge on any atom is 0.350 e. The molecule has 0 radical (unpaired) electrons. The number of benzene rings is 2. The topological polar surface area (TPSA) is 65.8 Å². The number of hydrogen-bond donors (Lipinski definition) is 0. The lowest BCUT2D eigenvalue weighted by Gasteiger charge is -2.05. The summed E-state index contributed by atoms with van der Waals surface area (Å²) in [7, 11) is 0. The lowest BCUT2D eigenvalue weighted by Crippen LogP contribution is -2.21. The van der Waals surface area contributed by atoms with E-state index in [0.29, 0.717) is 12.2 Å². The number of ether oxygens (including phenoxy) is 1. The summed E-state index contributed by atoms with van der Waals surface area (Å²) in [5.74, 6) is 0.856. The zero-order valence-corrected chi connectivity index (χ0v) is 18.2. The monoisotopic (exact) mass is 427 g/mol. The molecule has 3 aromatic heterocycles. The number of hydrogen-bond acceptors (Lipinski definition) is 4. The van der Waals surface area contributed by atoms with Gasteiger partial charge in [-0.1, -0.05) is 43.2 Å². The second-order valence-corrected chi connectivity index (χ2v) is 8.01. The zero-order chi connectivity index (χ0) is 22.1. The molecule has 0 saturated heterocycles. The van der Waals surface area contributed by atoms with Crippen molar-refractivity contribution in [1.82, 2.24) is 23.8 Å². The molecule has 0 unspecified atom stereocenters. The van der Waals surface area contributed by atoms with Gasteiger partial charge in [0.2, 0.25) is 0 Å². The van der Waals surface area contributed by atoms with Crippen LogP contribution in [0.2, 0.25) is 0 Å². The van der Waals surface area contributed by atoms with Gasteiger partial charge in [0.05, 0.1) is 18.8 Å². The summed E-state index contributed by atoms with van der Waals surface area (Å²) >= 11 is 0. The van der Waals surface area contributed by atoms with Crippen LogP contribution < -0.4 is 10.4 Å². The minimum Gasteiger partial charge on any atom is -0.494 e. The molecule has 0 aliphatic heterocycles. The Morgan fingerprint density at radius 2 is 1.84 bits per heavy atom. The van der Waals surface area contributed by atoms with Crippen LogP contribution in [0, 0.1) is 6.92 Å². The van der Waals surface area contributed by atoms with E-state index in [4.69, 9.17) is 4.74 Å². The number of unbranched alkanes of at least 4 members (excludes halogenated alkanes) is 1. The number of rotatable bonds is 7. The van der Waals surface area contributed by atoms with Crippen LogP contribution in [0.5, 0.6) is 5.75 Å². The molecule has 0 atom stereocenters. The van der Waals surface area contributed by atoms with Crippen molar-refractivity contribution in [2.24, 2.45) is 0 Å². The molecule has 0 saturated carbocycles. The van der Waals surface area contributed by atoms with Crippen molar-refractivity contribution in [2.75, 3.05) is 6.61 Å². The fraction of sp³-hybridized carbons (Fsp3) is 0.240. The Balaban J connectivity index is 1.48. The van der Waals surface area contributed by atoms with Gasteiger partial charge in [0.15, 0.2) is 5.65 Å². The number of nitrogens with zero attached hydrogens (tertiary/aromatic N) is 5. The van der Waals surface area contributed by atoms with Crippen molar-refractivity contribution in [2.45, 2.75) is 33.2 Å². The predicted molar refractivity (Wildman–Crippen MR) is 124 cm³/mol. The van der Waals surface area contributed by atoms with Crippen molar-refractivity contribution < 1.29 is 4.74 Å². The molecular weight excluding hydrogens is 402 g/mol. The van der Waals surface area contributed by atoms with Crippen molar-refractivity contribution in [3.8, 4) is 17.0 Å². The molecule has 3 heterocycles. The summed E-state index contributed by atoms with van der Waals surface area (Å²) in [5.41, 5.74) is 5.20. The Morgan fingerprint density at radius 3 is 2.62 bits per heavy atom. The molecule has 0 spiro atoms. The van der Waals surface area contributed by atoms with Crippen LogP contribution in [-0.2, 0) is 6.54 Å². The van der Waals surface area contributed by atoms with E-state index >= 15 is 0 Å². The summed E-state index contributed by atoms with van der Waals surface area (Å²) in [5, 5.41) is 9.30. The first-order valence-corrected chi connectivity index (χ1v) is 10.9. The number of aryl methyl sites for hydroxylation is 1. The Labute approximate surface area is 185 Å². The molecule has 5 rings (SSSR count). The standard InChI is InChI=1S/C25H25N5O2/c1-3-4-14-32-21-10-8-20(9-11-21)22-16-23-24-27-30(17-19-7-5-6-18(2)15-19)25(31)28(24)12-13-29(23)26-22/h5-13,15-16H,3-4,14,17H2,1-2H3. The van der Waals surface area contributed by atoms with Gasteiger partial charge in [0.25, 0.3) is 0 Å². The molecule has 162 valence electrons. The van der Waals surface area contributed by atoms with Crippen molar-refractivity contribution >= 4 is 11.2 Å². The summed E-state index contributed by atoms with van der Waals surface area (Å²) in [6, 6.07) is 18.0. The van der Waals surface area contributed by atoms with Gasteiger partial charge >= 0.3 is 5.69 Å². The Morgan fingerprint density at radius 1 is 1.00 bits per heavy atom. The average molecular weight is 428 g/mol. The van der Waals surface area contributed by atoms with Crippen LogP contribution in [0.1, 0.15) is 30.9 Å². The molecular formula is C25H25N5O2. The normalized spacial score (nSPS) is 11.4. The summed E-state index contributed by atoms with van der Waals surface area (Å²) in [4.78, 5) is 12.9. The maximum atomic E-state index is 12.9. The van der Waals surface area contributed by atoms with E-state index in [2.05, 4.69) is 23.2 Å². The van der Waals surface area contributed by atoms with Gasteiger partial charge in [-0.15, -0.1) is 5.10 Å². The third-order valence-electron chi connectivity index (χ3n) is 5.52. The van der Waals surface area contributed by atoms with Gasteiger partial charge in [-0.05, 0) is 49.2 Å². The second kappa shape index (κ2) is 8.34. The first kappa shape index (κ1) is 20.1. The maximum absolute atomic E-state index is 12.9. The highest BCUT2D eigenvalue weighted by atomic mass is 16.5. The van der Waals surface area contributed by atoms with Crippen LogP contribution >= 0.6 is 0 Å². The minimum absolute atomic E-state index is 0.166. The van der Waals surface area contributed by atoms with E-state index < -0.39 is 0 Å². The average Bonchev–Trinajstić information content (AvgIpc) is 3.36. The molecule has 5 aromatic rings. The van der Waals surface area contributed by atoms with Crippen LogP contribution in [0.4, 0.5) is 0 Å². The lowest BCUT2D eigenvalue weighted by atomic mass is 10.1. The predicted octanol–water partition coefficient (Wildman–Crippen LogP) is 4.35. The van der Waals surface area contributed by atoms with Gasteiger partial charge < -0.3 is 4.74 Å². The van der Waals surface area contributed by atoms with E-state index in [0.717, 1.165) is 53.1 Å². The molecule has 7 heteroatoms. The molecule has 0 N–H and O–H groups in total. The van der Waals surface area contributed by atoms with E-state index in [1.165, 1.54) is 4.68 Å². The molecule has 0 bridgehead atoms. The SMILES string of the molecule is CCCCOc1ccc(-c2cc3c4nn(Cc5cccc(C)c5)c(=O)n4ccn3n2)cc1. The first-order valence-electron chi connectivity index (χ1n) is 10.9. The van der Waals surface area contributed by atoms with Crippen molar-refractivity contribution in [3.05, 3.63) is 88.6 Å². The Kier molecular flexibility index (Phi) is 5.23. The minimum atomic E-state index is -0.166. The number of aromatic nitrogens is 5. The van der Waals surface area contributed by atoms with Crippen molar-refractivity contribution in [1.29, 1.82) is 0 Å². The smallest absolute Gasteiger partial charge is 0.350 e. The summed E-state index contributed by atoms with van der Waals surface area (Å²) < 4.78 is 10.6. The molecule has 7 nitrogen and oxygen atoms in total. The summed E-state index contributed by atoms with van der Waals surface area (Å²) in [6.45, 7) is 5.33. The fourth-order valence-corrected chi connectivity index (χ4v) is 3.82. The second-order valence-electron chi connectivity index (χ2n) is 8.01. The highest BCUT2D eigenvalue weighted by Gasteiger charge is 2.14. The Hall–Kier alpha value is -3.87. The van der Waals surface area contributed by atoms with Crippen molar-refractivity contribution in [3.63, 3.8) is 0 Å². The van der Waals surface area contributed by atoms with Crippen LogP contribution in [0.25, 0.3) is 22.4 Å². The molecule has 2 aromatic carbocycles. The highest BCUT2D eigenvalue weighted by molar-refractivity contribution is 5.76. The third kappa shape index (κ3) is 3.77. The van der Waals surface area contributed by atoms with Gasteiger partial charge in [0.1, 0.15) is 11.3 Å². The van der Waals surface area contributed by atoms with Crippen LogP contribution in [0.15, 0.2) is 71.8 Å². The van der Waals surface area contributed by atoms with Gasteiger partial charge in [-0.25, -0.2) is 18.4 Å².